The van der Waals surface area contributed by atoms with Crippen LogP contribution in [0.25, 0.3) is 22.5 Å². The van der Waals surface area contributed by atoms with Crippen molar-refractivity contribution in [2.75, 3.05) is 14.2 Å². The van der Waals surface area contributed by atoms with Crippen LogP contribution in [0.4, 0.5) is 5.69 Å². The van der Waals surface area contributed by atoms with E-state index in [2.05, 4.69) is 0 Å². The molecular formula is C24H20ClN3O4. The molecule has 0 saturated carbocycles. The highest BCUT2D eigenvalue weighted by molar-refractivity contribution is 6.35. The number of aromatic nitrogens is 2. The molecule has 0 amide bonds. The molecule has 3 aromatic carbocycles. The molecule has 8 heteroatoms. The van der Waals surface area contributed by atoms with Crippen molar-refractivity contribution in [3.05, 3.63) is 93.5 Å². The van der Waals surface area contributed by atoms with Gasteiger partial charge in [-0.25, -0.2) is 0 Å². The standard InChI is InChI=1S/C24H20ClN3O4/c1-31-20-12-5-3-10-18(20)23-22(25)24(19-11-4-6-13-21(19)32-2)27(26-23)15-16-8-7-9-17(14-16)28(29)30/h3-14H,15H2,1-2H3. The van der Waals surface area contributed by atoms with E-state index in [9.17, 15) is 10.1 Å². The molecular weight excluding hydrogens is 430 g/mol. The number of benzene rings is 3. The van der Waals surface area contributed by atoms with Crippen molar-refractivity contribution < 1.29 is 14.4 Å². The Morgan fingerprint density at radius 2 is 1.56 bits per heavy atom. The number of hydrogen-bond donors (Lipinski definition) is 0. The molecule has 0 atom stereocenters. The topological polar surface area (TPSA) is 79.4 Å². The van der Waals surface area contributed by atoms with Gasteiger partial charge < -0.3 is 9.47 Å². The first kappa shape index (κ1) is 21.4. The Bertz CT molecular complexity index is 1290. The first-order chi connectivity index (χ1) is 15.5. The summed E-state index contributed by atoms with van der Waals surface area (Å²) in [6.45, 7) is 0.282. The predicted octanol–water partition coefficient (Wildman–Crippen LogP) is 5.84. The van der Waals surface area contributed by atoms with Gasteiger partial charge in [0.05, 0.1) is 36.4 Å². The third-order valence-corrected chi connectivity index (χ3v) is 5.43. The Morgan fingerprint density at radius 1 is 0.938 bits per heavy atom. The quantitative estimate of drug-likeness (QED) is 0.261. The van der Waals surface area contributed by atoms with E-state index in [1.54, 1.807) is 25.0 Å². The summed E-state index contributed by atoms with van der Waals surface area (Å²) < 4.78 is 12.8. The van der Waals surface area contributed by atoms with Gasteiger partial charge in [-0.3, -0.25) is 14.8 Å². The van der Waals surface area contributed by atoms with Gasteiger partial charge >= 0.3 is 0 Å². The van der Waals surface area contributed by atoms with E-state index in [1.165, 1.54) is 12.1 Å². The van der Waals surface area contributed by atoms with Gasteiger partial charge in [0.2, 0.25) is 0 Å². The van der Waals surface area contributed by atoms with Crippen LogP contribution in [0.1, 0.15) is 5.56 Å². The highest BCUT2D eigenvalue weighted by Crippen LogP contribution is 2.42. The van der Waals surface area contributed by atoms with Crippen LogP contribution in [0.3, 0.4) is 0 Å². The number of nitro benzene ring substituents is 1. The van der Waals surface area contributed by atoms with Crippen molar-refractivity contribution in [1.82, 2.24) is 9.78 Å². The largest absolute Gasteiger partial charge is 0.496 e. The summed E-state index contributed by atoms with van der Waals surface area (Å²) in [6, 6.07) is 21.5. The van der Waals surface area contributed by atoms with Crippen LogP contribution in [0.15, 0.2) is 72.8 Å². The Hall–Kier alpha value is -3.84. The lowest BCUT2D eigenvalue weighted by atomic mass is 10.1. The fourth-order valence-corrected chi connectivity index (χ4v) is 3.94. The second-order valence-electron chi connectivity index (χ2n) is 7.00. The molecule has 1 heterocycles. The molecule has 1 aromatic heterocycles. The Morgan fingerprint density at radius 3 is 2.22 bits per heavy atom. The summed E-state index contributed by atoms with van der Waals surface area (Å²) in [6.07, 6.45) is 0. The average molecular weight is 450 g/mol. The number of nitro groups is 1. The van der Waals surface area contributed by atoms with Gasteiger partial charge in [0.1, 0.15) is 17.2 Å². The lowest BCUT2D eigenvalue weighted by Gasteiger charge is -2.12. The zero-order valence-corrected chi connectivity index (χ0v) is 18.2. The van der Waals surface area contributed by atoms with E-state index in [4.69, 9.17) is 26.2 Å². The Labute approximate surface area is 189 Å². The van der Waals surface area contributed by atoms with Crippen LogP contribution >= 0.6 is 11.6 Å². The number of non-ortho nitro benzene ring substituents is 1. The maximum Gasteiger partial charge on any atom is 0.269 e. The molecule has 7 nitrogen and oxygen atoms in total. The second-order valence-corrected chi connectivity index (χ2v) is 7.37. The number of halogens is 1. The first-order valence-corrected chi connectivity index (χ1v) is 10.2. The van der Waals surface area contributed by atoms with Crippen molar-refractivity contribution in [2.24, 2.45) is 0 Å². The fraction of sp³-hybridized carbons (Fsp3) is 0.125. The molecule has 0 saturated heterocycles. The molecule has 4 aromatic rings. The maximum atomic E-state index is 11.2. The van der Waals surface area contributed by atoms with Gasteiger partial charge in [-0.2, -0.15) is 5.10 Å². The molecule has 0 N–H and O–H groups in total. The van der Waals surface area contributed by atoms with Gasteiger partial charge in [0, 0.05) is 23.3 Å². The fourth-order valence-electron chi connectivity index (χ4n) is 3.61. The number of hydrogen-bond acceptors (Lipinski definition) is 5. The van der Waals surface area contributed by atoms with Crippen LogP contribution in [0, 0.1) is 10.1 Å². The van der Waals surface area contributed by atoms with E-state index >= 15 is 0 Å². The lowest BCUT2D eigenvalue weighted by molar-refractivity contribution is -0.384. The van der Waals surface area contributed by atoms with Crippen LogP contribution in [-0.4, -0.2) is 28.9 Å². The summed E-state index contributed by atoms with van der Waals surface area (Å²) in [5.74, 6) is 1.28. The third kappa shape index (κ3) is 4.02. The van der Waals surface area contributed by atoms with Gasteiger partial charge in [-0.15, -0.1) is 0 Å². The van der Waals surface area contributed by atoms with Gasteiger partial charge in [0.15, 0.2) is 0 Å². The van der Waals surface area contributed by atoms with E-state index in [1.807, 2.05) is 54.6 Å². The van der Waals surface area contributed by atoms with E-state index in [-0.39, 0.29) is 12.2 Å². The van der Waals surface area contributed by atoms with Crippen molar-refractivity contribution >= 4 is 17.3 Å². The predicted molar refractivity (Wildman–Crippen MR) is 123 cm³/mol. The van der Waals surface area contributed by atoms with Gasteiger partial charge in [-0.1, -0.05) is 48.0 Å². The highest BCUT2D eigenvalue weighted by Gasteiger charge is 2.23. The Balaban J connectivity index is 1.92. The summed E-state index contributed by atoms with van der Waals surface area (Å²) in [5, 5.41) is 16.4. The van der Waals surface area contributed by atoms with Crippen LogP contribution in [-0.2, 0) is 6.54 Å². The molecule has 0 unspecified atom stereocenters. The lowest BCUT2D eigenvalue weighted by Crippen LogP contribution is -2.05. The van der Waals surface area contributed by atoms with Gasteiger partial charge in [-0.05, 0) is 29.8 Å². The molecule has 0 spiro atoms. The normalized spacial score (nSPS) is 10.7. The first-order valence-electron chi connectivity index (χ1n) is 9.80. The molecule has 0 aliphatic heterocycles. The number of methoxy groups -OCH3 is 2. The minimum absolute atomic E-state index is 0.0181. The Kier molecular flexibility index (Phi) is 6.09. The van der Waals surface area contributed by atoms with Crippen molar-refractivity contribution in [3.8, 4) is 34.0 Å². The zero-order chi connectivity index (χ0) is 22.7. The van der Waals surface area contributed by atoms with Crippen LogP contribution in [0.5, 0.6) is 11.5 Å². The molecule has 162 valence electrons. The molecule has 0 bridgehead atoms. The monoisotopic (exact) mass is 449 g/mol. The molecule has 32 heavy (non-hydrogen) atoms. The third-order valence-electron chi connectivity index (χ3n) is 5.07. The maximum absolute atomic E-state index is 11.2. The van der Waals surface area contributed by atoms with Crippen LogP contribution in [0.2, 0.25) is 5.02 Å². The average Bonchev–Trinajstić information content (AvgIpc) is 3.14. The molecule has 4 rings (SSSR count). The van der Waals surface area contributed by atoms with E-state index in [0.717, 1.165) is 16.7 Å². The molecule has 0 radical (unpaired) electrons. The highest BCUT2D eigenvalue weighted by atomic mass is 35.5. The minimum atomic E-state index is -0.416. The summed E-state index contributed by atoms with van der Waals surface area (Å²) in [4.78, 5) is 10.8. The SMILES string of the molecule is COc1ccccc1-c1nn(Cc2cccc([N+](=O)[O-])c2)c(-c2ccccc2OC)c1Cl. The number of rotatable bonds is 7. The summed E-state index contributed by atoms with van der Waals surface area (Å²) in [7, 11) is 3.18. The van der Waals surface area contributed by atoms with E-state index in [0.29, 0.717) is 27.9 Å². The van der Waals surface area contributed by atoms with Crippen molar-refractivity contribution in [3.63, 3.8) is 0 Å². The minimum Gasteiger partial charge on any atom is -0.496 e. The zero-order valence-electron chi connectivity index (χ0n) is 17.5. The summed E-state index contributed by atoms with van der Waals surface area (Å²) >= 11 is 6.90. The van der Waals surface area contributed by atoms with E-state index < -0.39 is 4.92 Å². The second kappa shape index (κ2) is 9.11. The molecule has 0 fully saturated rings. The number of ether oxygens (including phenoxy) is 2. The van der Waals surface area contributed by atoms with Gasteiger partial charge in [0.25, 0.3) is 5.69 Å². The van der Waals surface area contributed by atoms with Crippen LogP contribution < -0.4 is 9.47 Å². The number of para-hydroxylation sites is 2. The van der Waals surface area contributed by atoms with Crippen molar-refractivity contribution in [2.45, 2.75) is 6.54 Å². The molecule has 0 aliphatic carbocycles. The van der Waals surface area contributed by atoms with Crippen molar-refractivity contribution in [1.29, 1.82) is 0 Å². The summed E-state index contributed by atoms with van der Waals surface area (Å²) in [5.41, 5.74) is 3.45. The molecule has 0 aliphatic rings. The smallest absolute Gasteiger partial charge is 0.269 e. The number of nitrogens with zero attached hydrogens (tertiary/aromatic N) is 3.